The zero-order valence-corrected chi connectivity index (χ0v) is 16.9. The van der Waals surface area contributed by atoms with Gasteiger partial charge >= 0.3 is 0 Å². The van der Waals surface area contributed by atoms with Crippen molar-refractivity contribution >= 4 is 35.0 Å². The van der Waals surface area contributed by atoms with Gasteiger partial charge in [0.05, 0.1) is 0 Å². The van der Waals surface area contributed by atoms with Crippen molar-refractivity contribution in [2.45, 2.75) is 13.5 Å². The fourth-order valence-electron chi connectivity index (χ4n) is 2.57. The lowest BCUT2D eigenvalue weighted by molar-refractivity contribution is -0.115. The highest BCUT2D eigenvalue weighted by Gasteiger charge is 2.03. The quantitative estimate of drug-likeness (QED) is 0.445. The van der Waals surface area contributed by atoms with Crippen molar-refractivity contribution in [3.8, 4) is 5.75 Å². The van der Waals surface area contributed by atoms with E-state index >= 15 is 0 Å². The van der Waals surface area contributed by atoms with E-state index in [4.69, 9.17) is 17.0 Å². The fourth-order valence-corrected chi connectivity index (χ4v) is 2.79. The maximum Gasteiger partial charge on any atom is 0.250 e. The van der Waals surface area contributed by atoms with Crippen LogP contribution < -0.4 is 15.4 Å². The molecule has 2 N–H and O–H groups in total. The van der Waals surface area contributed by atoms with E-state index < -0.39 is 0 Å². The van der Waals surface area contributed by atoms with Crippen molar-refractivity contribution in [1.29, 1.82) is 0 Å². The van der Waals surface area contributed by atoms with E-state index in [0.29, 0.717) is 12.4 Å². The molecule has 29 heavy (non-hydrogen) atoms. The third-order valence-electron chi connectivity index (χ3n) is 4.08. The predicted molar refractivity (Wildman–Crippen MR) is 122 cm³/mol. The number of thiocarbonyl (C=S) groups is 1. The van der Waals surface area contributed by atoms with E-state index in [2.05, 4.69) is 10.6 Å². The Morgan fingerprint density at radius 3 is 2.52 bits per heavy atom. The Labute approximate surface area is 176 Å². The van der Waals surface area contributed by atoms with Crippen LogP contribution >= 0.6 is 12.2 Å². The summed E-state index contributed by atoms with van der Waals surface area (Å²) in [7, 11) is 0. The molecule has 3 aromatic rings. The zero-order valence-electron chi connectivity index (χ0n) is 16.1. The lowest BCUT2D eigenvalue weighted by atomic mass is 10.1. The molecule has 4 nitrogen and oxygen atoms in total. The summed E-state index contributed by atoms with van der Waals surface area (Å²) < 4.78 is 5.81. The van der Waals surface area contributed by atoms with Crippen LogP contribution in [0.15, 0.2) is 84.9 Å². The summed E-state index contributed by atoms with van der Waals surface area (Å²) in [4.78, 5) is 12.1. The number of carbonyl (C=O) groups is 1. The molecular weight excluding hydrogens is 380 g/mol. The molecule has 0 fully saturated rings. The van der Waals surface area contributed by atoms with Crippen molar-refractivity contribution in [3.63, 3.8) is 0 Å². The normalized spacial score (nSPS) is 10.5. The van der Waals surface area contributed by atoms with Crippen LogP contribution in [0.2, 0.25) is 0 Å². The van der Waals surface area contributed by atoms with Crippen LogP contribution in [0, 0.1) is 6.92 Å². The topological polar surface area (TPSA) is 50.4 Å². The van der Waals surface area contributed by atoms with Gasteiger partial charge in [-0.25, -0.2) is 0 Å². The van der Waals surface area contributed by atoms with Crippen molar-refractivity contribution in [2.75, 3.05) is 5.32 Å². The number of amides is 1. The Bertz CT molecular complexity index is 999. The number of hydrogen-bond donors (Lipinski definition) is 2. The molecule has 146 valence electrons. The zero-order chi connectivity index (χ0) is 20.5. The van der Waals surface area contributed by atoms with Gasteiger partial charge in [0.2, 0.25) is 5.91 Å². The molecule has 0 saturated carbocycles. The van der Waals surface area contributed by atoms with Crippen LogP contribution in [0.3, 0.4) is 0 Å². The first-order chi connectivity index (χ1) is 14.1. The maximum atomic E-state index is 12.1. The Hall–Kier alpha value is -3.44. The number of aryl methyl sites for hydroxylation is 1. The van der Waals surface area contributed by atoms with E-state index in [1.165, 1.54) is 11.6 Å². The second-order valence-electron chi connectivity index (χ2n) is 6.49. The highest BCUT2D eigenvalue weighted by molar-refractivity contribution is 7.80. The molecule has 0 radical (unpaired) electrons. The summed E-state index contributed by atoms with van der Waals surface area (Å²) in [5.74, 6) is 0.423. The minimum Gasteiger partial charge on any atom is -0.489 e. The van der Waals surface area contributed by atoms with Crippen molar-refractivity contribution in [1.82, 2.24) is 5.32 Å². The van der Waals surface area contributed by atoms with Gasteiger partial charge in [0.15, 0.2) is 5.11 Å². The molecule has 0 saturated heterocycles. The predicted octanol–water partition coefficient (Wildman–Crippen LogP) is 5.10. The van der Waals surface area contributed by atoms with Gasteiger partial charge in [0.1, 0.15) is 12.4 Å². The number of nitrogens with one attached hydrogen (secondary N) is 2. The number of rotatable bonds is 6. The molecule has 3 aromatic carbocycles. The Balaban J connectivity index is 1.50. The average molecular weight is 403 g/mol. The van der Waals surface area contributed by atoms with Crippen LogP contribution in [0.4, 0.5) is 5.69 Å². The van der Waals surface area contributed by atoms with Crippen LogP contribution in [0.5, 0.6) is 5.75 Å². The molecule has 0 bridgehead atoms. The van der Waals surface area contributed by atoms with E-state index in [0.717, 1.165) is 16.8 Å². The number of hydrogen-bond acceptors (Lipinski definition) is 3. The Morgan fingerprint density at radius 2 is 1.76 bits per heavy atom. The molecule has 0 atom stereocenters. The Kier molecular flexibility index (Phi) is 7.14. The molecule has 0 aliphatic carbocycles. The molecule has 0 aliphatic heterocycles. The summed E-state index contributed by atoms with van der Waals surface area (Å²) in [6.45, 7) is 2.50. The molecule has 3 rings (SSSR count). The van der Waals surface area contributed by atoms with Gasteiger partial charge < -0.3 is 10.1 Å². The fraction of sp³-hybridized carbons (Fsp3) is 0.0833. The van der Waals surface area contributed by atoms with Gasteiger partial charge in [-0.15, -0.1) is 0 Å². The van der Waals surface area contributed by atoms with E-state index in [1.54, 1.807) is 6.08 Å². The average Bonchev–Trinajstić information content (AvgIpc) is 2.73. The molecule has 0 heterocycles. The van der Waals surface area contributed by atoms with E-state index in [1.807, 2.05) is 85.8 Å². The molecule has 0 spiro atoms. The highest BCUT2D eigenvalue weighted by atomic mass is 32.1. The lowest BCUT2D eigenvalue weighted by Gasteiger charge is -2.11. The minimum absolute atomic E-state index is 0.226. The second kappa shape index (κ2) is 10.2. The summed E-state index contributed by atoms with van der Waals surface area (Å²) in [6, 6.07) is 25.3. The summed E-state index contributed by atoms with van der Waals surface area (Å²) >= 11 is 5.23. The monoisotopic (exact) mass is 402 g/mol. The third kappa shape index (κ3) is 6.90. The van der Waals surface area contributed by atoms with Gasteiger partial charge in [-0.05, 0) is 48.5 Å². The van der Waals surface area contributed by atoms with Crippen LogP contribution in [-0.2, 0) is 11.4 Å². The van der Waals surface area contributed by atoms with Crippen LogP contribution in [0.1, 0.15) is 16.7 Å². The molecule has 0 unspecified atom stereocenters. The molecule has 0 aromatic heterocycles. The van der Waals surface area contributed by atoms with Gasteiger partial charge in [-0.2, -0.15) is 0 Å². The third-order valence-corrected chi connectivity index (χ3v) is 4.29. The van der Waals surface area contributed by atoms with Gasteiger partial charge in [0, 0.05) is 17.8 Å². The SMILES string of the molecule is Cc1ccc(/C=C/C(=O)NC(=S)Nc2cccc(OCc3ccccc3)c2)cc1. The first-order valence-corrected chi connectivity index (χ1v) is 9.63. The molecule has 5 heteroatoms. The standard InChI is InChI=1S/C24H22N2O2S/c1-18-10-12-19(13-11-18)14-15-23(27)26-24(29)25-21-8-5-9-22(16-21)28-17-20-6-3-2-4-7-20/h2-16H,17H2,1H3,(H2,25,26,27,29)/b15-14+. The number of benzene rings is 3. The van der Waals surface area contributed by atoms with Crippen LogP contribution in [0.25, 0.3) is 6.08 Å². The summed E-state index contributed by atoms with van der Waals surface area (Å²) in [6.07, 6.45) is 3.20. The first-order valence-electron chi connectivity index (χ1n) is 9.22. The lowest BCUT2D eigenvalue weighted by Crippen LogP contribution is -2.32. The molecule has 0 aliphatic rings. The largest absolute Gasteiger partial charge is 0.489 e. The van der Waals surface area contributed by atoms with E-state index in [-0.39, 0.29) is 11.0 Å². The van der Waals surface area contributed by atoms with Gasteiger partial charge in [-0.1, -0.05) is 66.2 Å². The van der Waals surface area contributed by atoms with Crippen molar-refractivity contribution in [2.24, 2.45) is 0 Å². The van der Waals surface area contributed by atoms with Crippen LogP contribution in [-0.4, -0.2) is 11.0 Å². The molecular formula is C24H22N2O2S. The van der Waals surface area contributed by atoms with Gasteiger partial charge in [0.25, 0.3) is 0 Å². The smallest absolute Gasteiger partial charge is 0.250 e. The molecule has 1 amide bonds. The second-order valence-corrected chi connectivity index (χ2v) is 6.90. The summed E-state index contributed by atoms with van der Waals surface area (Å²) in [5.41, 5.74) is 3.96. The first kappa shape index (κ1) is 20.3. The van der Waals surface area contributed by atoms with Crippen molar-refractivity contribution < 1.29 is 9.53 Å². The van der Waals surface area contributed by atoms with Gasteiger partial charge in [-0.3, -0.25) is 10.1 Å². The summed E-state index contributed by atoms with van der Waals surface area (Å²) in [5, 5.41) is 5.87. The van der Waals surface area contributed by atoms with Crippen molar-refractivity contribution in [3.05, 3.63) is 102 Å². The Morgan fingerprint density at radius 1 is 1.00 bits per heavy atom. The van der Waals surface area contributed by atoms with E-state index in [9.17, 15) is 4.79 Å². The number of carbonyl (C=O) groups excluding carboxylic acids is 1. The highest BCUT2D eigenvalue weighted by Crippen LogP contribution is 2.18. The minimum atomic E-state index is -0.292. The number of ether oxygens (including phenoxy) is 1. The number of anilines is 1. The maximum absolute atomic E-state index is 12.1.